The number of amides is 2. The monoisotopic (exact) mass is 359 g/mol. The van der Waals surface area contributed by atoms with E-state index in [1.807, 2.05) is 0 Å². The molecule has 0 spiro atoms. The zero-order valence-electron chi connectivity index (χ0n) is 14.4. The Kier molecular flexibility index (Phi) is 6.96. The van der Waals surface area contributed by atoms with E-state index in [1.54, 1.807) is 24.3 Å². The number of imide groups is 1. The van der Waals surface area contributed by atoms with Crippen LogP contribution in [0.3, 0.4) is 0 Å². The standard InChI is InChI=1S/C19H21NO4S/c1-4-6-7-10-20-18(21)17(25-19(20)22)13-14-8-9-15(24-11-5-2)16(12-14)23-3/h2,8-9,12-13H,4,6-7,10-11H2,1,3H3/b17-13-. The van der Waals surface area contributed by atoms with Gasteiger partial charge in [-0.25, -0.2) is 0 Å². The summed E-state index contributed by atoms with van der Waals surface area (Å²) in [6, 6.07) is 5.27. The van der Waals surface area contributed by atoms with Crippen molar-refractivity contribution in [3.05, 3.63) is 28.7 Å². The first-order valence-electron chi connectivity index (χ1n) is 8.10. The Morgan fingerprint density at radius 3 is 2.76 bits per heavy atom. The van der Waals surface area contributed by atoms with E-state index in [0.717, 1.165) is 36.6 Å². The minimum Gasteiger partial charge on any atom is -0.493 e. The molecule has 0 radical (unpaired) electrons. The van der Waals surface area contributed by atoms with Crippen molar-refractivity contribution in [2.45, 2.75) is 26.2 Å². The van der Waals surface area contributed by atoms with Gasteiger partial charge in [-0.3, -0.25) is 14.5 Å². The van der Waals surface area contributed by atoms with E-state index in [-0.39, 0.29) is 17.8 Å². The Morgan fingerprint density at radius 1 is 1.28 bits per heavy atom. The molecular weight excluding hydrogens is 338 g/mol. The Labute approximate surface area is 152 Å². The van der Waals surface area contributed by atoms with Crippen LogP contribution in [0, 0.1) is 12.3 Å². The van der Waals surface area contributed by atoms with E-state index in [2.05, 4.69) is 12.8 Å². The molecule has 1 aromatic carbocycles. The third kappa shape index (κ3) is 4.80. The van der Waals surface area contributed by atoms with E-state index in [9.17, 15) is 9.59 Å². The summed E-state index contributed by atoms with van der Waals surface area (Å²) in [5, 5.41) is -0.215. The minimum atomic E-state index is -0.238. The third-order valence-corrected chi connectivity index (χ3v) is 4.56. The molecule has 25 heavy (non-hydrogen) atoms. The van der Waals surface area contributed by atoms with Crippen LogP contribution in [0.15, 0.2) is 23.1 Å². The van der Waals surface area contributed by atoms with Crippen molar-refractivity contribution < 1.29 is 19.1 Å². The summed E-state index contributed by atoms with van der Waals surface area (Å²) < 4.78 is 10.7. The summed E-state index contributed by atoms with van der Waals surface area (Å²) in [6.45, 7) is 2.70. The van der Waals surface area contributed by atoms with Crippen molar-refractivity contribution in [1.82, 2.24) is 4.90 Å². The Bertz CT molecular complexity index is 721. The summed E-state index contributed by atoms with van der Waals surface area (Å²) in [4.78, 5) is 26.2. The average molecular weight is 359 g/mol. The number of carbonyl (C=O) groups excluding carboxylic acids is 2. The zero-order chi connectivity index (χ0) is 18.2. The van der Waals surface area contributed by atoms with Crippen LogP contribution >= 0.6 is 11.8 Å². The Balaban J connectivity index is 2.16. The molecule has 0 aromatic heterocycles. The molecule has 0 aliphatic carbocycles. The van der Waals surface area contributed by atoms with E-state index in [4.69, 9.17) is 15.9 Å². The van der Waals surface area contributed by atoms with Crippen molar-refractivity contribution in [1.29, 1.82) is 0 Å². The number of rotatable bonds is 8. The van der Waals surface area contributed by atoms with Crippen LogP contribution < -0.4 is 9.47 Å². The van der Waals surface area contributed by atoms with Gasteiger partial charge < -0.3 is 9.47 Å². The maximum absolute atomic E-state index is 12.4. The van der Waals surface area contributed by atoms with E-state index in [1.165, 1.54) is 12.0 Å². The molecule has 1 fully saturated rings. The number of benzene rings is 1. The Morgan fingerprint density at radius 2 is 2.08 bits per heavy atom. The molecule has 0 atom stereocenters. The number of carbonyl (C=O) groups is 2. The second kappa shape index (κ2) is 9.19. The predicted molar refractivity (Wildman–Crippen MR) is 99.5 cm³/mol. The van der Waals surface area contributed by atoms with Gasteiger partial charge in [-0.05, 0) is 42.0 Å². The average Bonchev–Trinajstić information content (AvgIpc) is 2.88. The fourth-order valence-electron chi connectivity index (χ4n) is 2.38. The second-order valence-corrected chi connectivity index (χ2v) is 6.44. The first-order chi connectivity index (χ1) is 12.1. The molecule has 0 unspecified atom stereocenters. The van der Waals surface area contributed by atoms with Gasteiger partial charge in [0.2, 0.25) is 0 Å². The van der Waals surface area contributed by atoms with Crippen molar-refractivity contribution in [3.8, 4) is 23.8 Å². The summed E-state index contributed by atoms with van der Waals surface area (Å²) >= 11 is 0.966. The minimum absolute atomic E-state index is 0.145. The lowest BCUT2D eigenvalue weighted by atomic mass is 10.2. The number of hydrogen-bond acceptors (Lipinski definition) is 5. The fraction of sp³-hybridized carbons (Fsp3) is 0.368. The van der Waals surface area contributed by atoms with Gasteiger partial charge in [0, 0.05) is 6.54 Å². The second-order valence-electron chi connectivity index (χ2n) is 5.44. The maximum atomic E-state index is 12.4. The first-order valence-corrected chi connectivity index (χ1v) is 8.92. The summed E-state index contributed by atoms with van der Waals surface area (Å²) in [7, 11) is 1.53. The van der Waals surface area contributed by atoms with Crippen molar-refractivity contribution in [2.24, 2.45) is 0 Å². The molecule has 132 valence electrons. The van der Waals surface area contributed by atoms with E-state index < -0.39 is 0 Å². The number of hydrogen-bond donors (Lipinski definition) is 0. The molecule has 5 nitrogen and oxygen atoms in total. The van der Waals surface area contributed by atoms with E-state index in [0.29, 0.717) is 22.9 Å². The quantitative estimate of drug-likeness (QED) is 0.400. The molecule has 1 heterocycles. The van der Waals surface area contributed by atoms with Crippen molar-refractivity contribution in [3.63, 3.8) is 0 Å². The number of thioether (sulfide) groups is 1. The van der Waals surface area contributed by atoms with Crippen LogP contribution in [-0.4, -0.2) is 36.3 Å². The number of terminal acetylenes is 1. The van der Waals surface area contributed by atoms with Crippen LogP contribution in [-0.2, 0) is 4.79 Å². The molecular formula is C19H21NO4S. The van der Waals surface area contributed by atoms with Gasteiger partial charge in [-0.15, -0.1) is 6.42 Å². The number of unbranched alkanes of at least 4 members (excludes halogenated alkanes) is 2. The number of ether oxygens (including phenoxy) is 2. The molecule has 0 saturated carbocycles. The van der Waals surface area contributed by atoms with Crippen LogP contribution in [0.4, 0.5) is 4.79 Å². The van der Waals surface area contributed by atoms with Gasteiger partial charge in [0.05, 0.1) is 12.0 Å². The molecule has 1 aliphatic rings. The molecule has 2 amide bonds. The highest BCUT2D eigenvalue weighted by Crippen LogP contribution is 2.34. The number of methoxy groups -OCH3 is 1. The van der Waals surface area contributed by atoms with Gasteiger partial charge in [0.1, 0.15) is 6.61 Å². The first kappa shape index (κ1) is 18.9. The molecule has 2 rings (SSSR count). The van der Waals surface area contributed by atoms with Crippen molar-refractivity contribution in [2.75, 3.05) is 20.3 Å². The van der Waals surface area contributed by atoms with Crippen LogP contribution in [0.5, 0.6) is 11.5 Å². The molecule has 0 N–H and O–H groups in total. The number of nitrogens with zero attached hydrogens (tertiary/aromatic N) is 1. The molecule has 0 bridgehead atoms. The van der Waals surface area contributed by atoms with Gasteiger partial charge in [0.15, 0.2) is 11.5 Å². The predicted octanol–water partition coefficient (Wildman–Crippen LogP) is 3.93. The van der Waals surface area contributed by atoms with Crippen molar-refractivity contribution >= 4 is 29.0 Å². The topological polar surface area (TPSA) is 55.8 Å². The Hall–Kier alpha value is -2.39. The summed E-state index contributed by atoms with van der Waals surface area (Å²) in [5.74, 6) is 3.21. The lowest BCUT2D eigenvalue weighted by Crippen LogP contribution is -2.29. The largest absolute Gasteiger partial charge is 0.493 e. The summed E-state index contributed by atoms with van der Waals surface area (Å²) in [6.07, 6.45) is 9.75. The lowest BCUT2D eigenvalue weighted by molar-refractivity contribution is -0.122. The third-order valence-electron chi connectivity index (χ3n) is 3.66. The maximum Gasteiger partial charge on any atom is 0.293 e. The molecule has 1 saturated heterocycles. The lowest BCUT2D eigenvalue weighted by Gasteiger charge is -2.11. The SMILES string of the molecule is C#CCOc1ccc(/C=C2\SC(=O)N(CCCCC)C2=O)cc1OC. The summed E-state index contributed by atoms with van der Waals surface area (Å²) in [5.41, 5.74) is 0.754. The van der Waals surface area contributed by atoms with Gasteiger partial charge in [0.25, 0.3) is 11.1 Å². The highest BCUT2D eigenvalue weighted by atomic mass is 32.2. The van der Waals surface area contributed by atoms with Crippen LogP contribution in [0.2, 0.25) is 0 Å². The van der Waals surface area contributed by atoms with Gasteiger partial charge >= 0.3 is 0 Å². The molecule has 6 heteroatoms. The normalized spacial score (nSPS) is 15.6. The van der Waals surface area contributed by atoms with Gasteiger partial charge in [-0.2, -0.15) is 0 Å². The molecule has 1 aromatic rings. The zero-order valence-corrected chi connectivity index (χ0v) is 15.2. The highest BCUT2D eigenvalue weighted by Gasteiger charge is 2.34. The van der Waals surface area contributed by atoms with E-state index >= 15 is 0 Å². The van der Waals surface area contributed by atoms with Crippen LogP contribution in [0.25, 0.3) is 6.08 Å². The fourth-order valence-corrected chi connectivity index (χ4v) is 3.24. The smallest absolute Gasteiger partial charge is 0.293 e. The van der Waals surface area contributed by atoms with Gasteiger partial charge in [-0.1, -0.05) is 31.8 Å². The van der Waals surface area contributed by atoms with Crippen LogP contribution in [0.1, 0.15) is 31.7 Å². The highest BCUT2D eigenvalue weighted by molar-refractivity contribution is 8.18. The molecule has 1 aliphatic heterocycles.